The van der Waals surface area contributed by atoms with Gasteiger partial charge in [0.2, 0.25) is 0 Å². The van der Waals surface area contributed by atoms with Crippen molar-refractivity contribution in [1.82, 2.24) is 4.98 Å². The normalized spacial score (nSPS) is 10.3. The van der Waals surface area contributed by atoms with Crippen LogP contribution in [0.4, 0.5) is 17.1 Å². The zero-order chi connectivity index (χ0) is 19.2. The molecule has 0 radical (unpaired) electrons. The maximum absolute atomic E-state index is 12.5. The number of pyridine rings is 1. The van der Waals surface area contributed by atoms with Crippen LogP contribution in [0.3, 0.4) is 0 Å². The monoisotopic (exact) mass is 359 g/mol. The van der Waals surface area contributed by atoms with E-state index in [2.05, 4.69) is 34.7 Å². The first kappa shape index (κ1) is 18.3. The Morgan fingerprint density at radius 1 is 0.852 bits per heavy atom. The minimum absolute atomic E-state index is 0.0113. The summed E-state index contributed by atoms with van der Waals surface area (Å²) in [5.74, 6) is -0.272. The van der Waals surface area contributed by atoms with Crippen LogP contribution in [0.15, 0.2) is 67.0 Å². The van der Waals surface area contributed by atoms with Crippen molar-refractivity contribution in [2.75, 3.05) is 10.6 Å². The topological polar surface area (TPSA) is 71.1 Å². The quantitative estimate of drug-likeness (QED) is 0.618. The molecule has 5 heteroatoms. The van der Waals surface area contributed by atoms with Gasteiger partial charge >= 0.3 is 0 Å². The molecule has 3 rings (SSSR count). The Balaban J connectivity index is 1.70. The second-order valence-electron chi connectivity index (χ2n) is 6.23. The minimum atomic E-state index is -0.261. The van der Waals surface area contributed by atoms with Crippen molar-refractivity contribution in [2.24, 2.45) is 0 Å². The van der Waals surface area contributed by atoms with E-state index in [9.17, 15) is 9.59 Å². The maximum Gasteiger partial charge on any atom is 0.257 e. The summed E-state index contributed by atoms with van der Waals surface area (Å²) in [7, 11) is 0. The summed E-state index contributed by atoms with van der Waals surface area (Å²) in [6.07, 6.45) is 4.18. The molecule has 136 valence electrons. The van der Waals surface area contributed by atoms with Crippen molar-refractivity contribution >= 4 is 28.8 Å². The zero-order valence-electron chi connectivity index (χ0n) is 15.3. The number of carbonyl (C=O) groups excluding carboxylic acids is 2. The molecule has 1 amide bonds. The largest absolute Gasteiger partial charge is 0.354 e. The molecule has 0 saturated heterocycles. The van der Waals surface area contributed by atoms with Gasteiger partial charge in [0.1, 0.15) is 0 Å². The van der Waals surface area contributed by atoms with Crippen LogP contribution in [0, 0.1) is 0 Å². The first-order chi connectivity index (χ1) is 13.0. The lowest BCUT2D eigenvalue weighted by Crippen LogP contribution is -2.12. The van der Waals surface area contributed by atoms with Crippen LogP contribution in [-0.4, -0.2) is 16.7 Å². The standard InChI is InChI=1S/C22H21N3O2/c1-3-16-4-8-19(9-5-16)24-21-12-18(13-23-14-21)22(27)25-20-10-6-17(7-11-20)15(2)26/h4-14,24H,3H2,1-2H3,(H,25,27). The number of anilines is 3. The summed E-state index contributed by atoms with van der Waals surface area (Å²) < 4.78 is 0. The highest BCUT2D eigenvalue weighted by atomic mass is 16.1. The molecule has 0 fully saturated rings. The number of amides is 1. The highest BCUT2D eigenvalue weighted by Crippen LogP contribution is 2.18. The summed E-state index contributed by atoms with van der Waals surface area (Å²) in [5.41, 5.74) is 4.61. The SMILES string of the molecule is CCc1ccc(Nc2cncc(C(=O)Nc3ccc(C(C)=O)cc3)c2)cc1. The molecule has 3 aromatic rings. The number of aryl methyl sites for hydroxylation is 1. The lowest BCUT2D eigenvalue weighted by Gasteiger charge is -2.09. The van der Waals surface area contributed by atoms with Gasteiger partial charge in [-0.1, -0.05) is 19.1 Å². The molecule has 5 nitrogen and oxygen atoms in total. The van der Waals surface area contributed by atoms with Crippen LogP contribution in [0.1, 0.15) is 40.1 Å². The summed E-state index contributed by atoms with van der Waals surface area (Å²) in [4.78, 5) is 27.9. The van der Waals surface area contributed by atoms with Gasteiger partial charge < -0.3 is 10.6 Å². The number of Topliss-reactive ketones (excluding diaryl/α,β-unsaturated/α-hetero) is 1. The molecular weight excluding hydrogens is 338 g/mol. The molecule has 0 aliphatic carbocycles. The van der Waals surface area contributed by atoms with Crippen molar-refractivity contribution in [3.8, 4) is 0 Å². The number of rotatable bonds is 6. The number of benzene rings is 2. The lowest BCUT2D eigenvalue weighted by molar-refractivity contribution is 0.101. The average molecular weight is 359 g/mol. The maximum atomic E-state index is 12.5. The average Bonchev–Trinajstić information content (AvgIpc) is 2.69. The van der Waals surface area contributed by atoms with Crippen molar-refractivity contribution in [2.45, 2.75) is 20.3 Å². The Morgan fingerprint density at radius 2 is 1.52 bits per heavy atom. The molecule has 0 spiro atoms. The van der Waals surface area contributed by atoms with Gasteiger partial charge in [0.25, 0.3) is 5.91 Å². The number of nitrogens with zero attached hydrogens (tertiary/aromatic N) is 1. The fourth-order valence-corrected chi connectivity index (χ4v) is 2.61. The van der Waals surface area contributed by atoms with E-state index in [4.69, 9.17) is 0 Å². The molecule has 27 heavy (non-hydrogen) atoms. The minimum Gasteiger partial charge on any atom is -0.354 e. The molecule has 0 bridgehead atoms. The predicted octanol–water partition coefficient (Wildman–Crippen LogP) is 4.84. The highest BCUT2D eigenvalue weighted by molar-refractivity contribution is 6.05. The van der Waals surface area contributed by atoms with E-state index < -0.39 is 0 Å². The molecule has 2 N–H and O–H groups in total. The Kier molecular flexibility index (Phi) is 5.61. The lowest BCUT2D eigenvalue weighted by atomic mass is 10.1. The predicted molar refractivity (Wildman–Crippen MR) is 108 cm³/mol. The van der Waals surface area contributed by atoms with Gasteiger partial charge in [0.15, 0.2) is 5.78 Å². The Labute approximate surface area is 158 Å². The van der Waals surface area contributed by atoms with E-state index in [0.717, 1.165) is 17.8 Å². The van der Waals surface area contributed by atoms with E-state index in [1.807, 2.05) is 12.1 Å². The molecule has 0 unspecified atom stereocenters. The third-order valence-electron chi connectivity index (χ3n) is 4.20. The van der Waals surface area contributed by atoms with Crippen LogP contribution in [0.25, 0.3) is 0 Å². The van der Waals surface area contributed by atoms with Gasteiger partial charge in [0.05, 0.1) is 17.4 Å². The summed E-state index contributed by atoms with van der Waals surface area (Å²) in [6, 6.07) is 16.7. The van der Waals surface area contributed by atoms with E-state index in [-0.39, 0.29) is 11.7 Å². The van der Waals surface area contributed by atoms with Crippen LogP contribution >= 0.6 is 0 Å². The molecule has 1 aromatic heterocycles. The van der Waals surface area contributed by atoms with Crippen LogP contribution in [-0.2, 0) is 6.42 Å². The van der Waals surface area contributed by atoms with E-state index >= 15 is 0 Å². The Bertz CT molecular complexity index is 948. The molecule has 0 aliphatic heterocycles. The molecular formula is C22H21N3O2. The van der Waals surface area contributed by atoms with E-state index in [1.165, 1.54) is 18.7 Å². The van der Waals surface area contributed by atoms with E-state index in [1.54, 1.807) is 36.5 Å². The Hall–Kier alpha value is -3.47. The first-order valence-corrected chi connectivity index (χ1v) is 8.78. The number of hydrogen-bond acceptors (Lipinski definition) is 4. The van der Waals surface area contributed by atoms with Crippen LogP contribution in [0.5, 0.6) is 0 Å². The van der Waals surface area contributed by atoms with Gasteiger partial charge in [-0.3, -0.25) is 14.6 Å². The van der Waals surface area contributed by atoms with Gasteiger partial charge in [0, 0.05) is 23.1 Å². The van der Waals surface area contributed by atoms with E-state index in [0.29, 0.717) is 16.8 Å². The third-order valence-corrected chi connectivity index (χ3v) is 4.20. The van der Waals surface area contributed by atoms with Gasteiger partial charge in [-0.15, -0.1) is 0 Å². The van der Waals surface area contributed by atoms with Gasteiger partial charge in [-0.05, 0) is 61.4 Å². The van der Waals surface area contributed by atoms with Gasteiger partial charge in [-0.25, -0.2) is 0 Å². The highest BCUT2D eigenvalue weighted by Gasteiger charge is 2.08. The van der Waals surface area contributed by atoms with Crippen molar-refractivity contribution in [1.29, 1.82) is 0 Å². The third kappa shape index (κ3) is 4.79. The number of nitrogens with one attached hydrogen (secondary N) is 2. The summed E-state index contributed by atoms with van der Waals surface area (Å²) in [5, 5.41) is 6.07. The number of ketones is 1. The van der Waals surface area contributed by atoms with Crippen molar-refractivity contribution in [3.05, 3.63) is 83.7 Å². The molecule has 2 aromatic carbocycles. The van der Waals surface area contributed by atoms with Crippen molar-refractivity contribution < 1.29 is 9.59 Å². The number of aromatic nitrogens is 1. The molecule has 0 atom stereocenters. The zero-order valence-corrected chi connectivity index (χ0v) is 15.3. The molecule has 1 heterocycles. The fourth-order valence-electron chi connectivity index (χ4n) is 2.61. The smallest absolute Gasteiger partial charge is 0.257 e. The van der Waals surface area contributed by atoms with Crippen molar-refractivity contribution in [3.63, 3.8) is 0 Å². The summed E-state index contributed by atoms with van der Waals surface area (Å²) in [6.45, 7) is 3.62. The molecule has 0 saturated carbocycles. The number of carbonyl (C=O) groups is 2. The fraction of sp³-hybridized carbons (Fsp3) is 0.136. The second-order valence-corrected chi connectivity index (χ2v) is 6.23. The first-order valence-electron chi connectivity index (χ1n) is 8.78. The molecule has 0 aliphatic rings. The van der Waals surface area contributed by atoms with Crippen LogP contribution < -0.4 is 10.6 Å². The number of hydrogen-bond donors (Lipinski definition) is 2. The summed E-state index contributed by atoms with van der Waals surface area (Å²) >= 11 is 0. The second kappa shape index (κ2) is 8.27. The van der Waals surface area contributed by atoms with Crippen LogP contribution in [0.2, 0.25) is 0 Å². The van der Waals surface area contributed by atoms with Gasteiger partial charge in [-0.2, -0.15) is 0 Å². The Morgan fingerprint density at radius 3 is 2.15 bits per heavy atom.